The van der Waals surface area contributed by atoms with Crippen molar-refractivity contribution >= 4 is 33.2 Å². The Hall–Kier alpha value is -1.33. The van der Waals surface area contributed by atoms with Gasteiger partial charge in [0, 0.05) is 4.88 Å². The van der Waals surface area contributed by atoms with Crippen LogP contribution < -0.4 is 4.74 Å². The summed E-state index contributed by atoms with van der Waals surface area (Å²) in [6.07, 6.45) is 0. The van der Waals surface area contributed by atoms with Gasteiger partial charge in [-0.15, -0.1) is 11.3 Å². The molecule has 1 aromatic heterocycles. The number of esters is 1. The summed E-state index contributed by atoms with van der Waals surface area (Å²) in [5.74, 6) is 0.160. The van der Waals surface area contributed by atoms with Gasteiger partial charge in [0.25, 0.3) is 0 Å². The van der Waals surface area contributed by atoms with Crippen LogP contribution in [0.15, 0.2) is 34.1 Å². The number of carbonyl (C=O) groups is 1. The number of hydrogen-bond acceptors (Lipinski definition) is 4. The zero-order valence-electron chi connectivity index (χ0n) is 10.6. The normalized spacial score (nSPS) is 10.3. The molecule has 0 atom stereocenters. The summed E-state index contributed by atoms with van der Waals surface area (Å²) in [6, 6.07) is 9.43. The Bertz CT molecular complexity index is 592. The fourth-order valence-electron chi connectivity index (χ4n) is 1.62. The number of aryl methyl sites for hydroxylation is 1. The molecule has 0 aliphatic heterocycles. The topological polar surface area (TPSA) is 35.5 Å². The van der Waals surface area contributed by atoms with E-state index in [1.165, 1.54) is 7.11 Å². The van der Waals surface area contributed by atoms with Crippen molar-refractivity contribution in [1.82, 2.24) is 0 Å². The highest BCUT2D eigenvalue weighted by Crippen LogP contribution is 2.26. The van der Waals surface area contributed by atoms with Crippen molar-refractivity contribution in [3.8, 4) is 5.75 Å². The van der Waals surface area contributed by atoms with E-state index in [4.69, 9.17) is 9.47 Å². The Labute approximate surface area is 124 Å². The van der Waals surface area contributed by atoms with Gasteiger partial charge >= 0.3 is 5.97 Å². The number of ether oxygens (including phenoxy) is 2. The first-order valence-corrected chi connectivity index (χ1v) is 7.27. The summed E-state index contributed by atoms with van der Waals surface area (Å²) < 4.78 is 11.5. The molecule has 0 spiro atoms. The van der Waals surface area contributed by atoms with Crippen LogP contribution in [0.25, 0.3) is 0 Å². The van der Waals surface area contributed by atoms with Crippen molar-refractivity contribution in [3.05, 3.63) is 50.1 Å². The Balaban J connectivity index is 2.17. The van der Waals surface area contributed by atoms with Crippen LogP contribution in [0.5, 0.6) is 5.75 Å². The predicted octanol–water partition coefficient (Wildman–Crippen LogP) is 4.18. The highest BCUT2D eigenvalue weighted by Gasteiger charge is 2.13. The maximum atomic E-state index is 11.7. The molecule has 19 heavy (non-hydrogen) atoms. The van der Waals surface area contributed by atoms with Crippen molar-refractivity contribution in [2.75, 3.05) is 7.11 Å². The minimum absolute atomic E-state index is 0.383. The predicted molar refractivity (Wildman–Crippen MR) is 78.9 cm³/mol. The second-order valence-electron chi connectivity index (χ2n) is 3.99. The Kier molecular flexibility index (Phi) is 4.61. The minimum atomic E-state index is -0.383. The molecule has 5 heteroatoms. The second-order valence-corrected chi connectivity index (χ2v) is 6.53. The van der Waals surface area contributed by atoms with E-state index in [9.17, 15) is 4.79 Å². The number of halogens is 1. The van der Waals surface area contributed by atoms with Crippen LogP contribution in [0, 0.1) is 6.92 Å². The maximum absolute atomic E-state index is 11.7. The number of carbonyl (C=O) groups excluding carboxylic acids is 1. The Morgan fingerprint density at radius 2 is 2.11 bits per heavy atom. The van der Waals surface area contributed by atoms with Gasteiger partial charge in [0.1, 0.15) is 17.9 Å². The molecule has 0 saturated carbocycles. The molecule has 0 unspecified atom stereocenters. The SMILES string of the molecule is COC(=O)c1cc(C)ccc1OCc1ccc(Br)s1. The third-order valence-corrected chi connectivity index (χ3v) is 4.14. The second kappa shape index (κ2) is 6.21. The zero-order valence-corrected chi connectivity index (χ0v) is 13.0. The first-order valence-electron chi connectivity index (χ1n) is 5.66. The fraction of sp³-hybridized carbons (Fsp3) is 0.214. The molecule has 0 aliphatic carbocycles. The van der Waals surface area contributed by atoms with Gasteiger partial charge in [0.15, 0.2) is 0 Å². The largest absolute Gasteiger partial charge is 0.487 e. The number of thiophene rings is 1. The van der Waals surface area contributed by atoms with Gasteiger partial charge < -0.3 is 9.47 Å². The van der Waals surface area contributed by atoms with E-state index < -0.39 is 0 Å². The van der Waals surface area contributed by atoms with Gasteiger partial charge in [-0.2, -0.15) is 0 Å². The standard InChI is InChI=1S/C14H13BrO3S/c1-9-3-5-12(11(7-9)14(16)17-2)18-8-10-4-6-13(15)19-10/h3-7H,8H2,1-2H3. The molecular formula is C14H13BrO3S. The molecule has 0 aliphatic rings. The van der Waals surface area contributed by atoms with E-state index >= 15 is 0 Å². The average molecular weight is 341 g/mol. The lowest BCUT2D eigenvalue weighted by Gasteiger charge is -2.10. The number of hydrogen-bond donors (Lipinski definition) is 0. The molecule has 0 amide bonds. The van der Waals surface area contributed by atoms with E-state index in [1.54, 1.807) is 23.5 Å². The van der Waals surface area contributed by atoms with Gasteiger partial charge in [-0.05, 0) is 47.1 Å². The quantitative estimate of drug-likeness (QED) is 0.783. The minimum Gasteiger partial charge on any atom is -0.487 e. The maximum Gasteiger partial charge on any atom is 0.341 e. The lowest BCUT2D eigenvalue weighted by atomic mass is 10.1. The van der Waals surface area contributed by atoms with Crippen molar-refractivity contribution < 1.29 is 14.3 Å². The smallest absolute Gasteiger partial charge is 0.341 e. The Morgan fingerprint density at radius 1 is 1.32 bits per heavy atom. The molecule has 100 valence electrons. The fourth-order valence-corrected chi connectivity index (χ4v) is 3.01. The summed E-state index contributed by atoms with van der Waals surface area (Å²) in [5, 5.41) is 0. The van der Waals surface area contributed by atoms with Gasteiger partial charge in [-0.3, -0.25) is 0 Å². The highest BCUT2D eigenvalue weighted by molar-refractivity contribution is 9.11. The molecule has 3 nitrogen and oxygen atoms in total. The summed E-state index contributed by atoms with van der Waals surface area (Å²) >= 11 is 5.01. The molecule has 0 N–H and O–H groups in total. The number of benzene rings is 1. The average Bonchev–Trinajstić information content (AvgIpc) is 2.82. The van der Waals surface area contributed by atoms with Crippen LogP contribution in [-0.4, -0.2) is 13.1 Å². The van der Waals surface area contributed by atoms with Gasteiger partial charge in [0.2, 0.25) is 0 Å². The van der Waals surface area contributed by atoms with Gasteiger partial charge in [-0.25, -0.2) is 4.79 Å². The third kappa shape index (κ3) is 3.58. The van der Waals surface area contributed by atoms with Crippen molar-refractivity contribution in [2.45, 2.75) is 13.5 Å². The lowest BCUT2D eigenvalue weighted by molar-refractivity contribution is 0.0595. The summed E-state index contributed by atoms with van der Waals surface area (Å²) in [7, 11) is 1.37. The molecule has 2 rings (SSSR count). The third-order valence-electron chi connectivity index (χ3n) is 2.54. The number of rotatable bonds is 4. The number of methoxy groups -OCH3 is 1. The molecule has 0 bridgehead atoms. The van der Waals surface area contributed by atoms with E-state index in [0.717, 1.165) is 14.2 Å². The first kappa shape index (κ1) is 14.1. The van der Waals surface area contributed by atoms with E-state index in [1.807, 2.05) is 25.1 Å². The molecule has 0 saturated heterocycles. The van der Waals surface area contributed by atoms with Crippen LogP contribution in [0.3, 0.4) is 0 Å². The van der Waals surface area contributed by atoms with Crippen LogP contribution in [-0.2, 0) is 11.3 Å². The monoisotopic (exact) mass is 340 g/mol. The molecule has 0 fully saturated rings. The van der Waals surface area contributed by atoms with E-state index in [2.05, 4.69) is 15.9 Å². The van der Waals surface area contributed by atoms with E-state index in [0.29, 0.717) is 17.9 Å². The molecule has 2 aromatic rings. The summed E-state index contributed by atoms with van der Waals surface area (Å²) in [5.41, 5.74) is 1.45. The molecular weight excluding hydrogens is 328 g/mol. The Morgan fingerprint density at radius 3 is 2.74 bits per heavy atom. The highest BCUT2D eigenvalue weighted by atomic mass is 79.9. The van der Waals surface area contributed by atoms with Crippen molar-refractivity contribution in [3.63, 3.8) is 0 Å². The molecule has 1 aromatic carbocycles. The van der Waals surface area contributed by atoms with Crippen molar-refractivity contribution in [1.29, 1.82) is 0 Å². The first-order chi connectivity index (χ1) is 9.10. The van der Waals surface area contributed by atoms with Crippen molar-refractivity contribution in [2.24, 2.45) is 0 Å². The summed E-state index contributed by atoms with van der Waals surface area (Å²) in [6.45, 7) is 2.36. The van der Waals surface area contributed by atoms with Crippen LogP contribution >= 0.6 is 27.3 Å². The van der Waals surface area contributed by atoms with Gasteiger partial charge in [0.05, 0.1) is 10.9 Å². The van der Waals surface area contributed by atoms with Crippen LogP contribution in [0.1, 0.15) is 20.8 Å². The molecule has 1 heterocycles. The lowest BCUT2D eigenvalue weighted by Crippen LogP contribution is -2.06. The van der Waals surface area contributed by atoms with Crippen LogP contribution in [0.4, 0.5) is 0 Å². The molecule has 0 radical (unpaired) electrons. The summed E-state index contributed by atoms with van der Waals surface area (Å²) in [4.78, 5) is 12.8. The zero-order chi connectivity index (χ0) is 13.8. The van der Waals surface area contributed by atoms with Crippen LogP contribution in [0.2, 0.25) is 0 Å². The van der Waals surface area contributed by atoms with Gasteiger partial charge in [-0.1, -0.05) is 11.6 Å². The van der Waals surface area contributed by atoms with E-state index in [-0.39, 0.29) is 5.97 Å².